The fraction of sp³-hybridized carbons (Fsp3) is 0.395. The summed E-state index contributed by atoms with van der Waals surface area (Å²) in [6, 6.07) is 18.8. The molecule has 2 aliphatic heterocycles. The molecule has 4 heterocycles. The molecule has 4 aromatic rings. The van der Waals surface area contributed by atoms with Crippen molar-refractivity contribution in [3.8, 4) is 16.9 Å². The number of halogens is 3. The Labute approximate surface area is 304 Å². The molecule has 2 aromatic carbocycles. The highest BCUT2D eigenvalue weighted by molar-refractivity contribution is 7.08. The summed E-state index contributed by atoms with van der Waals surface area (Å²) in [5, 5.41) is 31.3. The first-order chi connectivity index (χ1) is 25.0. The number of aliphatic hydroxyl groups is 2. The number of ether oxygens (including phenoxy) is 1. The van der Waals surface area contributed by atoms with E-state index in [1.807, 2.05) is 63.4 Å². The van der Waals surface area contributed by atoms with Crippen molar-refractivity contribution in [2.45, 2.75) is 49.9 Å². The number of thiophene rings is 1. The number of benzene rings is 2. The van der Waals surface area contributed by atoms with E-state index in [1.54, 1.807) is 52.9 Å². The number of para-hydroxylation sites is 1. The lowest BCUT2D eigenvalue weighted by atomic mass is 9.90. The molecule has 2 aromatic heterocycles. The van der Waals surface area contributed by atoms with Gasteiger partial charge in [0.2, 0.25) is 11.8 Å². The summed E-state index contributed by atoms with van der Waals surface area (Å²) in [5.41, 5.74) is 4.41. The molecule has 276 valence electrons. The van der Waals surface area contributed by atoms with E-state index in [-0.39, 0.29) is 32.0 Å². The van der Waals surface area contributed by atoms with Crippen LogP contribution in [0.25, 0.3) is 11.1 Å². The van der Waals surface area contributed by atoms with Crippen LogP contribution in [-0.2, 0) is 22.6 Å². The molecule has 0 radical (unpaired) electrons. The Morgan fingerprint density at radius 2 is 1.81 bits per heavy atom. The van der Waals surface area contributed by atoms with Crippen LogP contribution in [0.2, 0.25) is 0 Å². The number of aliphatic hydroxyl groups excluding tert-OH is 2. The Bertz CT molecular complexity index is 1780. The maximum absolute atomic E-state index is 13.9. The first kappa shape index (κ1) is 37.4. The molecule has 4 N–H and O–H groups in total. The first-order valence-corrected chi connectivity index (χ1v) is 18.2. The second-order valence-corrected chi connectivity index (χ2v) is 14.1. The number of fused-ring (bicyclic) bond motifs is 1. The van der Waals surface area contributed by atoms with Crippen molar-refractivity contribution >= 4 is 23.2 Å². The number of amides is 2. The smallest absolute Gasteiger partial charge is 0.405 e. The fourth-order valence-electron chi connectivity index (χ4n) is 6.86. The Balaban J connectivity index is 1.15. The van der Waals surface area contributed by atoms with Crippen LogP contribution in [0.1, 0.15) is 29.2 Å². The van der Waals surface area contributed by atoms with Crippen molar-refractivity contribution in [1.82, 2.24) is 25.4 Å². The molecule has 2 amide bonds. The third kappa shape index (κ3) is 9.95. The number of pyridine rings is 1. The van der Waals surface area contributed by atoms with Gasteiger partial charge in [0.1, 0.15) is 31.0 Å². The van der Waals surface area contributed by atoms with E-state index in [4.69, 9.17) is 4.74 Å². The fourth-order valence-corrected chi connectivity index (χ4v) is 7.52. The van der Waals surface area contributed by atoms with Gasteiger partial charge in [0.25, 0.3) is 0 Å². The second kappa shape index (κ2) is 17.0. The molecule has 1 fully saturated rings. The third-order valence-corrected chi connectivity index (χ3v) is 10.1. The number of carbonyl (C=O) groups is 2. The van der Waals surface area contributed by atoms with E-state index < -0.39 is 48.8 Å². The number of hydrogen-bond donors (Lipinski definition) is 4. The van der Waals surface area contributed by atoms with Crippen molar-refractivity contribution in [3.05, 3.63) is 107 Å². The molecule has 14 heteroatoms. The zero-order valence-electron chi connectivity index (χ0n) is 28.4. The maximum atomic E-state index is 13.9. The van der Waals surface area contributed by atoms with Crippen molar-refractivity contribution in [2.75, 3.05) is 39.3 Å². The molecule has 0 aliphatic carbocycles. The number of piperazine rings is 1. The van der Waals surface area contributed by atoms with Crippen molar-refractivity contribution in [3.63, 3.8) is 0 Å². The molecule has 10 nitrogen and oxygen atoms in total. The predicted molar refractivity (Wildman–Crippen MR) is 190 cm³/mol. The Hall–Kier alpha value is -4.34. The minimum atomic E-state index is -4.58. The highest BCUT2D eigenvalue weighted by Crippen LogP contribution is 2.33. The average Bonchev–Trinajstić information content (AvgIpc) is 3.68. The number of hydrogen-bond acceptors (Lipinski definition) is 9. The van der Waals surface area contributed by atoms with E-state index in [9.17, 15) is 33.0 Å². The highest BCUT2D eigenvalue weighted by atomic mass is 32.1. The third-order valence-electron chi connectivity index (χ3n) is 9.44. The van der Waals surface area contributed by atoms with Crippen LogP contribution in [0.15, 0.2) is 89.9 Å². The number of aromatic nitrogens is 1. The molecule has 0 unspecified atom stereocenters. The van der Waals surface area contributed by atoms with Gasteiger partial charge < -0.3 is 25.6 Å². The van der Waals surface area contributed by atoms with Crippen molar-refractivity contribution in [2.24, 2.45) is 5.92 Å². The highest BCUT2D eigenvalue weighted by Gasteiger charge is 2.37. The SMILES string of the molecule is O=C(N[C@H]1c2ccccc2OC[C@H]1O)[C@H](Cc1ccccc1)C[C@H](O)CN1CCN(Cc2cncc(-c3ccsc3)c2)C[C@H]1C(=O)NCC(F)(F)F. The van der Waals surface area contributed by atoms with Gasteiger partial charge >= 0.3 is 6.18 Å². The van der Waals surface area contributed by atoms with Crippen LogP contribution in [0.5, 0.6) is 5.75 Å². The number of carbonyl (C=O) groups excluding carboxylic acids is 2. The largest absolute Gasteiger partial charge is 0.490 e. The quantitative estimate of drug-likeness (QED) is 0.161. The second-order valence-electron chi connectivity index (χ2n) is 13.4. The van der Waals surface area contributed by atoms with E-state index in [0.29, 0.717) is 37.4 Å². The van der Waals surface area contributed by atoms with Gasteiger partial charge in [-0.05, 0) is 58.5 Å². The maximum Gasteiger partial charge on any atom is 0.405 e. The lowest BCUT2D eigenvalue weighted by Gasteiger charge is -2.41. The molecule has 0 bridgehead atoms. The minimum Gasteiger partial charge on any atom is -0.490 e. The number of β-amino-alcohol motifs (C(OH)–C–C–N with tert-alkyl or cyclic N) is 1. The molecular weight excluding hydrogens is 696 g/mol. The van der Waals surface area contributed by atoms with Gasteiger partial charge in [0.05, 0.1) is 12.1 Å². The number of nitrogens with one attached hydrogen (secondary N) is 2. The zero-order chi connectivity index (χ0) is 36.7. The summed E-state index contributed by atoms with van der Waals surface area (Å²) in [4.78, 5) is 35.3. The van der Waals surface area contributed by atoms with Crippen LogP contribution < -0.4 is 15.4 Å². The van der Waals surface area contributed by atoms with Gasteiger partial charge in [-0.2, -0.15) is 24.5 Å². The first-order valence-electron chi connectivity index (χ1n) is 17.2. The number of rotatable bonds is 13. The van der Waals surface area contributed by atoms with E-state index in [1.165, 1.54) is 0 Å². The molecule has 2 aliphatic rings. The van der Waals surface area contributed by atoms with Gasteiger partial charge in [-0.1, -0.05) is 48.5 Å². The Morgan fingerprint density at radius 1 is 1.02 bits per heavy atom. The van der Waals surface area contributed by atoms with Crippen LogP contribution >= 0.6 is 11.3 Å². The summed E-state index contributed by atoms with van der Waals surface area (Å²) in [6.07, 6.45) is -2.84. The van der Waals surface area contributed by atoms with Gasteiger partial charge in [0.15, 0.2) is 0 Å². The average molecular weight is 738 g/mol. The van der Waals surface area contributed by atoms with Crippen LogP contribution in [0.4, 0.5) is 13.2 Å². The molecule has 5 atom stereocenters. The van der Waals surface area contributed by atoms with Gasteiger partial charge in [-0.3, -0.25) is 24.4 Å². The summed E-state index contributed by atoms with van der Waals surface area (Å²) in [7, 11) is 0. The van der Waals surface area contributed by atoms with Crippen LogP contribution in [-0.4, -0.2) is 101 Å². The molecule has 0 saturated carbocycles. The summed E-state index contributed by atoms with van der Waals surface area (Å²) >= 11 is 1.58. The standard InChI is InChI=1S/C38H42F3N5O5S/c39-38(40,41)24-43-37(50)32-21-45(19-26-15-29(18-42-17-26)27-10-13-52-23-27)11-12-46(32)20-30(47)16-28(14-25-6-2-1-3-7-25)36(49)44-35-31-8-4-5-9-34(31)51-22-33(35)48/h1-10,13,15,17-18,23,28,30,32-33,35,47-48H,11-12,14,16,19-22,24H2,(H,43,50)(H,44,49)/t28-,30+,32+,33-,35+/m1/s1. The molecule has 1 saturated heterocycles. The van der Waals surface area contributed by atoms with E-state index in [2.05, 4.69) is 10.3 Å². The normalized spacial score (nSPS) is 20.7. The lowest BCUT2D eigenvalue weighted by molar-refractivity contribution is -0.143. The summed E-state index contributed by atoms with van der Waals surface area (Å²) < 4.78 is 45.0. The topological polar surface area (TPSA) is 127 Å². The van der Waals surface area contributed by atoms with E-state index >= 15 is 0 Å². The predicted octanol–water partition coefficient (Wildman–Crippen LogP) is 4.20. The number of nitrogens with zero attached hydrogens (tertiary/aromatic N) is 3. The van der Waals surface area contributed by atoms with Crippen LogP contribution in [0.3, 0.4) is 0 Å². The zero-order valence-corrected chi connectivity index (χ0v) is 29.2. The monoisotopic (exact) mass is 737 g/mol. The number of alkyl halides is 3. The van der Waals surface area contributed by atoms with E-state index in [0.717, 1.165) is 22.3 Å². The van der Waals surface area contributed by atoms with Gasteiger partial charge in [-0.15, -0.1) is 0 Å². The van der Waals surface area contributed by atoms with Crippen molar-refractivity contribution < 1.29 is 37.7 Å². The molecular formula is C38H42F3N5O5S. The Kier molecular flexibility index (Phi) is 12.2. The summed E-state index contributed by atoms with van der Waals surface area (Å²) in [6.45, 7) is -0.125. The lowest BCUT2D eigenvalue weighted by Crippen LogP contribution is -2.60. The summed E-state index contributed by atoms with van der Waals surface area (Å²) in [5.74, 6) is -1.31. The molecule has 52 heavy (non-hydrogen) atoms. The minimum absolute atomic E-state index is 0.00818. The Morgan fingerprint density at radius 3 is 2.58 bits per heavy atom. The van der Waals surface area contributed by atoms with Crippen molar-refractivity contribution in [1.29, 1.82) is 0 Å². The van der Waals surface area contributed by atoms with Gasteiger partial charge in [0, 0.05) is 62.2 Å². The van der Waals surface area contributed by atoms with Crippen LogP contribution in [0, 0.1) is 5.92 Å². The molecule has 6 rings (SSSR count). The van der Waals surface area contributed by atoms with Gasteiger partial charge in [-0.25, -0.2) is 0 Å². The molecule has 0 spiro atoms.